The maximum Gasteiger partial charge on any atom is -1.00 e. The molecule has 0 saturated carbocycles. The van der Waals surface area contributed by atoms with Crippen LogP contribution in [0.3, 0.4) is 0 Å². The summed E-state index contributed by atoms with van der Waals surface area (Å²) in [5.74, 6) is 1.20. The first kappa shape index (κ1) is 42.8. The van der Waals surface area contributed by atoms with E-state index in [2.05, 4.69) is 134 Å². The van der Waals surface area contributed by atoms with Gasteiger partial charge >= 0.3 is 34.6 Å². The third-order valence-corrected chi connectivity index (χ3v) is 9.35. The molecule has 260 valence electrons. The quantitative estimate of drug-likeness (QED) is 0.193. The molecule has 0 heterocycles. The van der Waals surface area contributed by atoms with Crippen molar-refractivity contribution in [2.75, 3.05) is 0 Å². The number of halogens is 5. The van der Waals surface area contributed by atoms with Crippen molar-refractivity contribution in [1.29, 1.82) is 0 Å². The molecule has 1 unspecified atom stereocenters. The molecule has 0 aromatic heterocycles. The molecule has 3 aliphatic rings. The first-order chi connectivity index (χ1) is 21.9. The zero-order valence-electron chi connectivity index (χ0n) is 30.2. The number of hydrogen-bond acceptors (Lipinski definition) is 0. The van der Waals surface area contributed by atoms with Crippen molar-refractivity contribution in [1.82, 2.24) is 0 Å². The van der Waals surface area contributed by atoms with E-state index in [1.54, 1.807) is 0 Å². The number of allylic oxidation sites excluding steroid dienone is 8. The van der Waals surface area contributed by atoms with Crippen molar-refractivity contribution in [3.8, 4) is 0 Å². The van der Waals surface area contributed by atoms with Gasteiger partial charge in [-0.05, 0) is 36.1 Å². The molecule has 4 aromatic carbocycles. The molecular weight excluding hydrogens is 736 g/mol. The number of alkyl halides is 3. The maximum atomic E-state index is 11.8. The Morgan fingerprint density at radius 2 is 1.22 bits per heavy atom. The van der Waals surface area contributed by atoms with Gasteiger partial charge in [0.2, 0.25) is 0 Å². The van der Waals surface area contributed by atoms with Gasteiger partial charge in [-0.15, -0.1) is 39.7 Å². The summed E-state index contributed by atoms with van der Waals surface area (Å²) in [5, 5.41) is 5.57. The van der Waals surface area contributed by atoms with Crippen molar-refractivity contribution >= 4 is 36.9 Å². The predicted octanol–water partition coefficient (Wildman–Crippen LogP) is 6.55. The van der Waals surface area contributed by atoms with E-state index in [4.69, 9.17) is 0 Å². The SMILES string of the molecule is CC1=CC(C)(C)c2cc3[cH-]c4cc5c(cc4c3cc21)C(C)=CC5(C)C.CC1=[C-]C(C)C=C1C(C)C.FC(F)(F)c1cc[c-]cc1.[CH2]=[Zr+2].[Cl-].[Cl-]. The van der Waals surface area contributed by atoms with Crippen LogP contribution in [0.25, 0.3) is 32.7 Å². The molecule has 0 spiro atoms. The average Bonchev–Trinajstić information content (AvgIpc) is 3.67. The van der Waals surface area contributed by atoms with Crippen LogP contribution >= 0.6 is 0 Å². The molecule has 49 heavy (non-hydrogen) atoms. The average molecular weight is 782 g/mol. The molecule has 6 heteroatoms. The van der Waals surface area contributed by atoms with Gasteiger partial charge in [-0.25, -0.2) is 5.57 Å². The third-order valence-electron chi connectivity index (χ3n) is 9.35. The van der Waals surface area contributed by atoms with Crippen molar-refractivity contribution in [2.24, 2.45) is 11.8 Å². The Kier molecular flexibility index (Phi) is 14.2. The number of fused-ring (bicyclic) bond motifs is 5. The molecular formula is C43H46Cl2F3Zr-3. The van der Waals surface area contributed by atoms with Crippen LogP contribution in [0.15, 0.2) is 84.0 Å². The predicted molar refractivity (Wildman–Crippen MR) is 192 cm³/mol. The van der Waals surface area contributed by atoms with E-state index in [1.165, 1.54) is 102 Å². The van der Waals surface area contributed by atoms with Crippen LogP contribution in [0.1, 0.15) is 97.1 Å². The van der Waals surface area contributed by atoms with Crippen LogP contribution in [0.5, 0.6) is 0 Å². The standard InChI is InChI=1S/C25H25.C10H15.C7H4F3.CH2.2ClH.Zr/c1-14-12-24(3,4)22-8-16-7-17-9-23-19(15(2)13-25(23,5)6)11-21(17)20(16)10-18(14)22;1-7(2)10-6-8(3)5-9(10)4;8-7(9,10)6-4-2-1-3-5-6;;;;/h7-13H,1-6H3;6-8H,1-4H3;2-5H;1H2;2*1H;/q3*-1;;;;+2/p-2. The maximum absolute atomic E-state index is 11.8. The first-order valence-electron chi connectivity index (χ1n) is 16.2. The summed E-state index contributed by atoms with van der Waals surface area (Å²) in [5.41, 5.74) is 11.1. The summed E-state index contributed by atoms with van der Waals surface area (Å²) in [4.78, 5) is 0. The van der Waals surface area contributed by atoms with Crippen LogP contribution in [0.2, 0.25) is 0 Å². The van der Waals surface area contributed by atoms with Gasteiger partial charge in [-0.3, -0.25) is 6.08 Å². The summed E-state index contributed by atoms with van der Waals surface area (Å²) in [6, 6.07) is 19.1. The Labute approximate surface area is 319 Å². The number of rotatable bonds is 1. The van der Waals surface area contributed by atoms with E-state index in [0.717, 1.165) is 12.1 Å². The fourth-order valence-corrected chi connectivity index (χ4v) is 7.28. The zero-order chi connectivity index (χ0) is 35.1. The molecule has 0 radical (unpaired) electrons. The van der Waals surface area contributed by atoms with Crippen molar-refractivity contribution < 1.29 is 62.2 Å². The Hall–Kier alpha value is -2.39. The zero-order valence-corrected chi connectivity index (χ0v) is 34.1. The monoisotopic (exact) mass is 779 g/mol. The van der Waals surface area contributed by atoms with Gasteiger partial charge in [0.1, 0.15) is 0 Å². The summed E-state index contributed by atoms with van der Waals surface area (Å²) in [6.45, 7) is 22.6. The van der Waals surface area contributed by atoms with Gasteiger partial charge in [-0.2, -0.15) is 55.2 Å². The molecule has 0 N–H and O–H groups in total. The van der Waals surface area contributed by atoms with Crippen LogP contribution in [0, 0.1) is 24.0 Å². The first-order valence-corrected chi connectivity index (χ1v) is 18.0. The molecule has 0 fully saturated rings. The minimum absolute atomic E-state index is 0. The Balaban J connectivity index is 0.000000290. The van der Waals surface area contributed by atoms with E-state index in [9.17, 15) is 13.2 Å². The minimum atomic E-state index is -4.23. The largest absolute Gasteiger partial charge is 1.00 e. The van der Waals surface area contributed by atoms with Gasteiger partial charge in [-0.1, -0.05) is 108 Å². The molecule has 0 nitrogen and oxygen atoms in total. The summed E-state index contributed by atoms with van der Waals surface area (Å²) < 4.78 is 38.7. The Morgan fingerprint density at radius 1 is 0.796 bits per heavy atom. The fraction of sp³-hybridized carbons (Fsp3) is 0.349. The van der Waals surface area contributed by atoms with Crippen molar-refractivity contribution in [2.45, 2.75) is 86.2 Å². The second-order valence-electron chi connectivity index (χ2n) is 14.3. The van der Waals surface area contributed by atoms with E-state index in [1.807, 2.05) is 0 Å². The van der Waals surface area contributed by atoms with E-state index < -0.39 is 11.7 Å². The van der Waals surface area contributed by atoms with Gasteiger partial charge < -0.3 is 24.8 Å². The van der Waals surface area contributed by atoms with Gasteiger partial charge in [0.25, 0.3) is 0 Å². The Bertz CT molecular complexity index is 1830. The van der Waals surface area contributed by atoms with Crippen LogP contribution in [-0.2, 0) is 41.2 Å². The molecule has 4 aromatic rings. The van der Waals surface area contributed by atoms with E-state index in [0.29, 0.717) is 11.8 Å². The minimum Gasteiger partial charge on any atom is -1.00 e. The normalized spacial score (nSPS) is 17.8. The van der Waals surface area contributed by atoms with E-state index >= 15 is 0 Å². The summed E-state index contributed by atoms with van der Waals surface area (Å²) >= 11 is 1.30. The third kappa shape index (κ3) is 9.11. The smallest absolute Gasteiger partial charge is 1.00 e. The fourth-order valence-electron chi connectivity index (χ4n) is 7.28. The molecule has 1 atom stereocenters. The van der Waals surface area contributed by atoms with E-state index in [-0.39, 0.29) is 35.6 Å². The summed E-state index contributed by atoms with van der Waals surface area (Å²) in [6.07, 6.45) is 6.27. The molecule has 0 bridgehead atoms. The molecule has 0 saturated heterocycles. The van der Waals surface area contributed by atoms with Crippen LogP contribution in [-0.4, -0.2) is 4.21 Å². The molecule has 7 rings (SSSR count). The Morgan fingerprint density at radius 3 is 1.53 bits per heavy atom. The van der Waals surface area contributed by atoms with Gasteiger partial charge in [0, 0.05) is 10.8 Å². The number of benzene rings is 3. The number of hydrogen-bond donors (Lipinski definition) is 0. The second-order valence-corrected chi connectivity index (χ2v) is 14.3. The molecule has 3 aliphatic carbocycles. The molecule has 0 aliphatic heterocycles. The topological polar surface area (TPSA) is 0 Å². The van der Waals surface area contributed by atoms with Gasteiger partial charge in [0.15, 0.2) is 0 Å². The molecule has 0 amide bonds. The van der Waals surface area contributed by atoms with Crippen molar-refractivity contribution in [3.63, 3.8) is 0 Å². The van der Waals surface area contributed by atoms with Crippen LogP contribution in [0.4, 0.5) is 13.2 Å². The van der Waals surface area contributed by atoms with Crippen LogP contribution < -0.4 is 24.8 Å². The second kappa shape index (κ2) is 16.3. The summed E-state index contributed by atoms with van der Waals surface area (Å²) in [7, 11) is 0. The van der Waals surface area contributed by atoms with Gasteiger partial charge in [0.05, 0.1) is 0 Å². The van der Waals surface area contributed by atoms with Crippen molar-refractivity contribution in [3.05, 3.63) is 124 Å².